The van der Waals surface area contributed by atoms with Crippen molar-refractivity contribution in [1.82, 2.24) is 14.8 Å². The summed E-state index contributed by atoms with van der Waals surface area (Å²) in [5.74, 6) is 0.109. The van der Waals surface area contributed by atoms with E-state index in [4.69, 9.17) is 0 Å². The quantitative estimate of drug-likeness (QED) is 0.798. The van der Waals surface area contributed by atoms with Crippen molar-refractivity contribution in [3.05, 3.63) is 46.5 Å². The van der Waals surface area contributed by atoms with E-state index in [0.717, 1.165) is 16.5 Å². The van der Waals surface area contributed by atoms with Gasteiger partial charge in [-0.15, -0.1) is 0 Å². The highest BCUT2D eigenvalue weighted by Crippen LogP contribution is 2.18. The van der Waals surface area contributed by atoms with Crippen LogP contribution < -0.4 is 0 Å². The lowest BCUT2D eigenvalue weighted by Crippen LogP contribution is -2.10. The molecule has 0 aromatic carbocycles. The number of carbonyl (C=O) groups is 1. The van der Waals surface area contributed by atoms with Crippen LogP contribution in [0.2, 0.25) is 0 Å². The number of rotatable bonds is 5. The fourth-order valence-corrected chi connectivity index (χ4v) is 2.32. The third kappa shape index (κ3) is 2.85. The van der Waals surface area contributed by atoms with E-state index in [1.807, 2.05) is 19.1 Å². The lowest BCUT2D eigenvalue weighted by Gasteiger charge is -2.05. The van der Waals surface area contributed by atoms with Crippen molar-refractivity contribution in [2.45, 2.75) is 26.3 Å². The van der Waals surface area contributed by atoms with E-state index in [9.17, 15) is 4.79 Å². The van der Waals surface area contributed by atoms with E-state index in [1.54, 1.807) is 23.3 Å². The number of hydrogen-bond donors (Lipinski definition) is 0. The molecule has 4 nitrogen and oxygen atoms in total. The number of nitrogens with zero attached hydrogens (tertiary/aromatic N) is 3. The molecule has 2 aromatic heterocycles. The summed E-state index contributed by atoms with van der Waals surface area (Å²) in [6, 6.07) is 3.86. The fourth-order valence-electron chi connectivity index (χ4n) is 1.81. The molecular weight excluding hydrogens is 294 g/mol. The highest BCUT2D eigenvalue weighted by molar-refractivity contribution is 9.10. The normalized spacial score (nSPS) is 10.6. The van der Waals surface area contributed by atoms with Crippen molar-refractivity contribution >= 4 is 21.7 Å². The van der Waals surface area contributed by atoms with Gasteiger partial charge in [-0.25, -0.2) is 0 Å². The number of aromatic nitrogens is 3. The van der Waals surface area contributed by atoms with Gasteiger partial charge in [-0.05, 0) is 47.0 Å². The second kappa shape index (κ2) is 5.91. The van der Waals surface area contributed by atoms with Gasteiger partial charge >= 0.3 is 0 Å². The summed E-state index contributed by atoms with van der Waals surface area (Å²) in [5, 5.41) is 4.15. The number of Topliss-reactive ketones (excluding diaryl/α,β-unsaturated/α-hetero) is 1. The van der Waals surface area contributed by atoms with Crippen molar-refractivity contribution in [2.75, 3.05) is 0 Å². The second-order valence-electron chi connectivity index (χ2n) is 3.94. The Bertz CT molecular complexity index is 536. The number of aryl methyl sites for hydroxylation is 2. The minimum Gasteiger partial charge on any atom is -0.292 e. The maximum Gasteiger partial charge on any atom is 0.182 e. The Kier molecular flexibility index (Phi) is 4.25. The molecule has 0 aliphatic carbocycles. The molecule has 0 aliphatic heterocycles. The lowest BCUT2D eigenvalue weighted by atomic mass is 10.1. The van der Waals surface area contributed by atoms with Gasteiger partial charge in [0, 0.05) is 25.4 Å². The first-order valence-electron chi connectivity index (χ1n) is 5.85. The molecule has 94 valence electrons. The first-order chi connectivity index (χ1) is 8.72. The molecule has 0 unspecified atom stereocenters. The van der Waals surface area contributed by atoms with Gasteiger partial charge in [-0.1, -0.05) is 0 Å². The first kappa shape index (κ1) is 13.0. The van der Waals surface area contributed by atoms with Crippen molar-refractivity contribution in [3.8, 4) is 0 Å². The van der Waals surface area contributed by atoms with E-state index in [2.05, 4.69) is 26.0 Å². The largest absolute Gasteiger partial charge is 0.292 e. The number of pyridine rings is 1. The average Bonchev–Trinajstić information content (AvgIpc) is 2.78. The van der Waals surface area contributed by atoms with Crippen molar-refractivity contribution in [1.29, 1.82) is 0 Å². The Balaban J connectivity index is 2.06. The smallest absolute Gasteiger partial charge is 0.182 e. The summed E-state index contributed by atoms with van der Waals surface area (Å²) in [6.07, 6.45) is 6.36. The van der Waals surface area contributed by atoms with E-state index < -0.39 is 0 Å². The van der Waals surface area contributed by atoms with Crippen molar-refractivity contribution in [3.63, 3.8) is 0 Å². The highest BCUT2D eigenvalue weighted by atomic mass is 79.9. The molecule has 0 saturated carbocycles. The zero-order chi connectivity index (χ0) is 13.0. The molecule has 0 spiro atoms. The van der Waals surface area contributed by atoms with Crippen LogP contribution in [0.15, 0.2) is 35.2 Å². The van der Waals surface area contributed by atoms with Gasteiger partial charge in [0.2, 0.25) is 0 Å². The zero-order valence-electron chi connectivity index (χ0n) is 10.1. The van der Waals surface area contributed by atoms with Crippen LogP contribution >= 0.6 is 15.9 Å². The first-order valence-corrected chi connectivity index (χ1v) is 6.65. The monoisotopic (exact) mass is 307 g/mol. The van der Waals surface area contributed by atoms with E-state index in [0.29, 0.717) is 18.7 Å². The molecule has 0 aliphatic rings. The molecule has 5 heteroatoms. The van der Waals surface area contributed by atoms with Crippen LogP contribution in [0.5, 0.6) is 0 Å². The van der Waals surface area contributed by atoms with Gasteiger partial charge in [0.25, 0.3) is 0 Å². The highest BCUT2D eigenvalue weighted by Gasteiger charge is 2.15. The summed E-state index contributed by atoms with van der Waals surface area (Å²) in [4.78, 5) is 16.1. The molecule has 0 amide bonds. The Morgan fingerprint density at radius 2 is 2.11 bits per heavy atom. The van der Waals surface area contributed by atoms with E-state index in [-0.39, 0.29) is 5.78 Å². The predicted molar refractivity (Wildman–Crippen MR) is 72.5 cm³/mol. The summed E-state index contributed by atoms with van der Waals surface area (Å²) in [7, 11) is 0. The molecule has 0 radical (unpaired) electrons. The van der Waals surface area contributed by atoms with Crippen LogP contribution in [0.25, 0.3) is 0 Å². The van der Waals surface area contributed by atoms with Gasteiger partial charge < -0.3 is 0 Å². The maximum absolute atomic E-state index is 12.2. The molecule has 0 bridgehead atoms. The molecule has 2 heterocycles. The zero-order valence-corrected chi connectivity index (χ0v) is 11.7. The molecular formula is C13H14BrN3O. The standard InChI is InChI=1S/C13H14BrN3O/c1-2-17-13(11(14)9-16-17)12(18)4-3-10-5-7-15-8-6-10/h5-9H,2-4H2,1H3. The topological polar surface area (TPSA) is 47.8 Å². The Labute approximate surface area is 114 Å². The summed E-state index contributed by atoms with van der Waals surface area (Å²) < 4.78 is 2.49. The van der Waals surface area contributed by atoms with Crippen LogP contribution in [0.1, 0.15) is 29.4 Å². The molecule has 0 atom stereocenters. The molecule has 2 aromatic rings. The minimum atomic E-state index is 0.109. The van der Waals surface area contributed by atoms with Crippen LogP contribution in [-0.2, 0) is 13.0 Å². The third-order valence-corrected chi connectivity index (χ3v) is 3.33. The number of halogens is 1. The van der Waals surface area contributed by atoms with Gasteiger partial charge in [0.15, 0.2) is 5.78 Å². The summed E-state index contributed by atoms with van der Waals surface area (Å²) >= 11 is 3.37. The molecule has 0 saturated heterocycles. The Morgan fingerprint density at radius 3 is 2.78 bits per heavy atom. The molecule has 0 N–H and O–H groups in total. The maximum atomic E-state index is 12.2. The van der Waals surface area contributed by atoms with Crippen LogP contribution in [-0.4, -0.2) is 20.5 Å². The third-order valence-electron chi connectivity index (χ3n) is 2.75. The minimum absolute atomic E-state index is 0.109. The predicted octanol–water partition coefficient (Wildman–Crippen LogP) is 2.88. The Hall–Kier alpha value is -1.49. The van der Waals surface area contributed by atoms with Crippen LogP contribution in [0.4, 0.5) is 0 Å². The average molecular weight is 308 g/mol. The number of carbonyl (C=O) groups excluding carboxylic acids is 1. The van der Waals surface area contributed by atoms with E-state index in [1.165, 1.54) is 0 Å². The molecule has 2 rings (SSSR count). The van der Waals surface area contributed by atoms with Gasteiger partial charge in [-0.3, -0.25) is 14.5 Å². The summed E-state index contributed by atoms with van der Waals surface area (Å²) in [6.45, 7) is 2.67. The summed E-state index contributed by atoms with van der Waals surface area (Å²) in [5.41, 5.74) is 1.78. The number of hydrogen-bond acceptors (Lipinski definition) is 3. The molecule has 18 heavy (non-hydrogen) atoms. The van der Waals surface area contributed by atoms with Gasteiger partial charge in [0.1, 0.15) is 5.69 Å². The van der Waals surface area contributed by atoms with Crippen molar-refractivity contribution < 1.29 is 4.79 Å². The Morgan fingerprint density at radius 1 is 1.39 bits per heavy atom. The molecule has 0 fully saturated rings. The van der Waals surface area contributed by atoms with Gasteiger partial charge in [0.05, 0.1) is 10.7 Å². The fraction of sp³-hybridized carbons (Fsp3) is 0.308. The second-order valence-corrected chi connectivity index (χ2v) is 4.79. The SMILES string of the molecule is CCn1ncc(Br)c1C(=O)CCc1ccncc1. The number of ketones is 1. The van der Waals surface area contributed by atoms with Gasteiger partial charge in [-0.2, -0.15) is 5.10 Å². The van der Waals surface area contributed by atoms with Crippen LogP contribution in [0, 0.1) is 0 Å². The van der Waals surface area contributed by atoms with Crippen molar-refractivity contribution in [2.24, 2.45) is 0 Å². The lowest BCUT2D eigenvalue weighted by molar-refractivity contribution is 0.0971. The van der Waals surface area contributed by atoms with Crippen LogP contribution in [0.3, 0.4) is 0 Å². The van der Waals surface area contributed by atoms with E-state index >= 15 is 0 Å².